The minimum atomic E-state index is -3.62. The van der Waals surface area contributed by atoms with Gasteiger partial charge in [0.15, 0.2) is 11.5 Å². The van der Waals surface area contributed by atoms with Crippen LogP contribution in [0.5, 0.6) is 11.5 Å². The number of nitrogens with one attached hydrogen (secondary N) is 1. The van der Waals surface area contributed by atoms with E-state index in [1.807, 2.05) is 20.8 Å². The fraction of sp³-hybridized carbons (Fsp3) is 0.533. The van der Waals surface area contributed by atoms with Gasteiger partial charge in [-0.05, 0) is 32.9 Å². The Bertz CT molecular complexity index is 694. The van der Waals surface area contributed by atoms with Gasteiger partial charge in [0.1, 0.15) is 19.8 Å². The Morgan fingerprint density at radius 1 is 1.22 bits per heavy atom. The van der Waals surface area contributed by atoms with Gasteiger partial charge in [-0.1, -0.05) is 0 Å². The minimum Gasteiger partial charge on any atom is -0.486 e. The van der Waals surface area contributed by atoms with Gasteiger partial charge in [-0.15, -0.1) is 0 Å². The molecule has 8 heteroatoms. The van der Waals surface area contributed by atoms with Gasteiger partial charge in [-0.2, -0.15) is 0 Å². The number of hydrogen-bond acceptors (Lipinski definition) is 5. The van der Waals surface area contributed by atoms with Crippen molar-refractivity contribution in [2.75, 3.05) is 30.3 Å². The monoisotopic (exact) mass is 342 g/mol. The molecular formula is C15H22N2O5S. The van der Waals surface area contributed by atoms with Crippen molar-refractivity contribution in [2.24, 2.45) is 0 Å². The van der Waals surface area contributed by atoms with Crippen molar-refractivity contribution in [1.29, 1.82) is 0 Å². The lowest BCUT2D eigenvalue weighted by Gasteiger charge is -2.27. The van der Waals surface area contributed by atoms with Crippen LogP contribution in [-0.4, -0.2) is 45.9 Å². The molecule has 1 aromatic carbocycles. The third-order valence-corrected chi connectivity index (χ3v) is 4.16. The number of benzene rings is 1. The molecule has 0 saturated carbocycles. The van der Waals surface area contributed by atoms with Gasteiger partial charge < -0.3 is 14.8 Å². The van der Waals surface area contributed by atoms with E-state index in [1.165, 1.54) is 0 Å². The third kappa shape index (κ3) is 4.75. The van der Waals surface area contributed by atoms with Crippen LogP contribution >= 0.6 is 0 Å². The molecule has 2 rings (SSSR count). The number of anilines is 1. The van der Waals surface area contributed by atoms with Crippen molar-refractivity contribution in [3.63, 3.8) is 0 Å². The number of sulfonamides is 1. The van der Waals surface area contributed by atoms with Crippen molar-refractivity contribution >= 4 is 21.6 Å². The summed E-state index contributed by atoms with van der Waals surface area (Å²) >= 11 is 0. The summed E-state index contributed by atoms with van der Waals surface area (Å²) in [7, 11) is -3.62. The number of rotatable bonds is 4. The molecule has 0 saturated heterocycles. The maximum absolute atomic E-state index is 12.1. The first kappa shape index (κ1) is 17.4. The van der Waals surface area contributed by atoms with Gasteiger partial charge in [0, 0.05) is 11.6 Å². The zero-order valence-electron chi connectivity index (χ0n) is 13.8. The van der Waals surface area contributed by atoms with Crippen LogP contribution in [0.4, 0.5) is 5.69 Å². The second-order valence-corrected chi connectivity index (χ2v) is 8.30. The van der Waals surface area contributed by atoms with Crippen LogP contribution in [0.25, 0.3) is 0 Å². The molecule has 0 aromatic heterocycles. The summed E-state index contributed by atoms with van der Waals surface area (Å²) in [5, 5.41) is 2.75. The molecule has 1 N–H and O–H groups in total. The van der Waals surface area contributed by atoms with Crippen molar-refractivity contribution < 1.29 is 22.7 Å². The molecule has 1 heterocycles. The summed E-state index contributed by atoms with van der Waals surface area (Å²) in [5.74, 6) is 0.657. The standard InChI is InChI=1S/C15H22N2O5S/c1-15(2,3)16-14(18)10-17(23(4,19)20)11-5-6-12-13(9-11)22-8-7-21-12/h5-6,9H,7-8,10H2,1-4H3,(H,16,18). The molecular weight excluding hydrogens is 320 g/mol. The van der Waals surface area contributed by atoms with Gasteiger partial charge in [-0.25, -0.2) is 8.42 Å². The van der Waals surface area contributed by atoms with Crippen LogP contribution < -0.4 is 19.1 Å². The SMILES string of the molecule is CC(C)(C)NC(=O)CN(c1ccc2c(c1)OCCO2)S(C)(=O)=O. The molecule has 0 spiro atoms. The summed E-state index contributed by atoms with van der Waals surface area (Å²) in [6.45, 7) is 6.06. The van der Waals surface area contributed by atoms with Crippen molar-refractivity contribution in [3.8, 4) is 11.5 Å². The highest BCUT2D eigenvalue weighted by molar-refractivity contribution is 7.92. The number of fused-ring (bicyclic) bond motifs is 1. The van der Waals surface area contributed by atoms with E-state index in [2.05, 4.69) is 5.32 Å². The highest BCUT2D eigenvalue weighted by Crippen LogP contribution is 2.34. The maximum atomic E-state index is 12.1. The third-order valence-electron chi connectivity index (χ3n) is 3.02. The van der Waals surface area contributed by atoms with Gasteiger partial charge >= 0.3 is 0 Å². The Balaban J connectivity index is 2.27. The molecule has 0 atom stereocenters. The lowest BCUT2D eigenvalue weighted by Crippen LogP contribution is -2.47. The predicted molar refractivity (Wildman–Crippen MR) is 87.5 cm³/mol. The number of carbonyl (C=O) groups is 1. The summed E-state index contributed by atoms with van der Waals surface area (Å²) in [6, 6.07) is 4.81. The second-order valence-electron chi connectivity index (χ2n) is 6.40. The topological polar surface area (TPSA) is 84.9 Å². The van der Waals surface area contributed by atoms with E-state index in [0.29, 0.717) is 30.4 Å². The Hall–Kier alpha value is -1.96. The summed E-state index contributed by atoms with van der Waals surface area (Å²) in [4.78, 5) is 12.1. The number of amides is 1. The molecule has 0 unspecified atom stereocenters. The predicted octanol–water partition coefficient (Wildman–Crippen LogP) is 1.14. The Morgan fingerprint density at radius 2 is 1.83 bits per heavy atom. The zero-order chi connectivity index (χ0) is 17.3. The van der Waals surface area contributed by atoms with Gasteiger partial charge in [0.25, 0.3) is 0 Å². The highest BCUT2D eigenvalue weighted by Gasteiger charge is 2.24. The Morgan fingerprint density at radius 3 is 2.39 bits per heavy atom. The number of carbonyl (C=O) groups excluding carboxylic acids is 1. The molecule has 128 valence electrons. The van der Waals surface area contributed by atoms with E-state index < -0.39 is 15.6 Å². The van der Waals surface area contributed by atoms with Gasteiger partial charge in [-0.3, -0.25) is 9.10 Å². The quantitative estimate of drug-likeness (QED) is 0.887. The van der Waals surface area contributed by atoms with Gasteiger partial charge in [0.2, 0.25) is 15.9 Å². The van der Waals surface area contributed by atoms with E-state index in [1.54, 1.807) is 18.2 Å². The summed E-state index contributed by atoms with van der Waals surface area (Å²) < 4.78 is 36.1. The van der Waals surface area contributed by atoms with E-state index in [9.17, 15) is 13.2 Å². The van der Waals surface area contributed by atoms with Crippen LogP contribution in [0.1, 0.15) is 20.8 Å². The van der Waals surface area contributed by atoms with Crippen LogP contribution in [0.2, 0.25) is 0 Å². The molecule has 1 aliphatic rings. The van der Waals surface area contributed by atoms with Crippen LogP contribution in [0.3, 0.4) is 0 Å². The van der Waals surface area contributed by atoms with Crippen LogP contribution in [0.15, 0.2) is 18.2 Å². The normalized spacial score (nSPS) is 14.3. The minimum absolute atomic E-state index is 0.296. The number of ether oxygens (including phenoxy) is 2. The first-order valence-corrected chi connectivity index (χ1v) is 9.09. The van der Waals surface area contributed by atoms with Crippen molar-refractivity contribution in [2.45, 2.75) is 26.3 Å². The maximum Gasteiger partial charge on any atom is 0.241 e. The molecule has 0 bridgehead atoms. The molecule has 0 radical (unpaired) electrons. The smallest absolute Gasteiger partial charge is 0.241 e. The lowest BCUT2D eigenvalue weighted by molar-refractivity contribution is -0.121. The zero-order valence-corrected chi connectivity index (χ0v) is 14.6. The molecule has 7 nitrogen and oxygen atoms in total. The fourth-order valence-electron chi connectivity index (χ4n) is 2.18. The number of hydrogen-bond donors (Lipinski definition) is 1. The van der Waals surface area contributed by atoms with E-state index in [4.69, 9.17) is 9.47 Å². The van der Waals surface area contributed by atoms with Crippen molar-refractivity contribution in [1.82, 2.24) is 5.32 Å². The average Bonchev–Trinajstić information content (AvgIpc) is 2.41. The fourth-order valence-corrected chi connectivity index (χ4v) is 3.02. The number of nitrogens with zero attached hydrogens (tertiary/aromatic N) is 1. The van der Waals surface area contributed by atoms with Crippen LogP contribution in [0, 0.1) is 0 Å². The molecule has 0 fully saturated rings. The second kappa shape index (κ2) is 6.27. The molecule has 1 aromatic rings. The van der Waals surface area contributed by atoms with Crippen LogP contribution in [-0.2, 0) is 14.8 Å². The van der Waals surface area contributed by atoms with E-state index in [0.717, 1.165) is 10.6 Å². The lowest BCUT2D eigenvalue weighted by atomic mass is 10.1. The van der Waals surface area contributed by atoms with E-state index in [-0.39, 0.29) is 12.5 Å². The van der Waals surface area contributed by atoms with Gasteiger partial charge in [0.05, 0.1) is 11.9 Å². The largest absolute Gasteiger partial charge is 0.486 e. The summed E-state index contributed by atoms with van der Waals surface area (Å²) in [5.41, 5.74) is -0.0756. The molecule has 1 aliphatic heterocycles. The van der Waals surface area contributed by atoms with Crippen molar-refractivity contribution in [3.05, 3.63) is 18.2 Å². The molecule has 23 heavy (non-hydrogen) atoms. The van der Waals surface area contributed by atoms with E-state index >= 15 is 0 Å². The summed E-state index contributed by atoms with van der Waals surface area (Å²) in [6.07, 6.45) is 1.06. The Kier molecular flexibility index (Phi) is 4.74. The highest BCUT2D eigenvalue weighted by atomic mass is 32.2. The first-order chi connectivity index (χ1) is 10.6. The first-order valence-electron chi connectivity index (χ1n) is 7.25. The molecule has 1 amide bonds. The molecule has 0 aliphatic carbocycles. The average molecular weight is 342 g/mol. The Labute approximate surface area is 136 Å².